The van der Waals surface area contributed by atoms with Gasteiger partial charge in [0.1, 0.15) is 7.11 Å². The van der Waals surface area contributed by atoms with E-state index in [0.29, 0.717) is 5.92 Å². The van der Waals surface area contributed by atoms with Crippen LogP contribution in [0, 0.1) is 17.8 Å². The molecule has 0 bridgehead atoms. The van der Waals surface area contributed by atoms with Gasteiger partial charge < -0.3 is 4.84 Å². The topological polar surface area (TPSA) is 24.8 Å². The lowest BCUT2D eigenvalue weighted by Gasteiger charge is -2.01. The van der Waals surface area contributed by atoms with Crippen LogP contribution in [0.2, 0.25) is 0 Å². The van der Waals surface area contributed by atoms with Gasteiger partial charge in [-0.05, 0) is 14.1 Å². The number of hydrogen-bond donors (Lipinski definition) is 0. The van der Waals surface area contributed by atoms with Gasteiger partial charge in [-0.25, -0.2) is 0 Å². The van der Waals surface area contributed by atoms with E-state index in [4.69, 9.17) is 0 Å². The summed E-state index contributed by atoms with van der Waals surface area (Å²) in [5.74, 6) is 6.51. The molecule has 0 aliphatic rings. The van der Waals surface area contributed by atoms with Gasteiger partial charge in [0.15, 0.2) is 0 Å². The Kier molecular flexibility index (Phi) is 7.04. The van der Waals surface area contributed by atoms with Gasteiger partial charge in [0.2, 0.25) is 0 Å². The first-order chi connectivity index (χ1) is 6.16. The third-order valence-electron chi connectivity index (χ3n) is 1.37. The predicted molar refractivity (Wildman–Crippen MR) is 55.6 cm³/mol. The van der Waals surface area contributed by atoms with E-state index in [1.165, 1.54) is 0 Å². The number of oxime groups is 1. The number of nitrogens with zero attached hydrogens (tertiary/aromatic N) is 2. The molecule has 13 heavy (non-hydrogen) atoms. The minimum Gasteiger partial charge on any atom is -0.399 e. The highest BCUT2D eigenvalue weighted by molar-refractivity contribution is 5.59. The molecule has 0 saturated carbocycles. The van der Waals surface area contributed by atoms with Crippen LogP contribution < -0.4 is 0 Å². The molecule has 0 aromatic rings. The molecule has 74 valence electrons. The molecule has 0 rings (SSSR count). The van der Waals surface area contributed by atoms with Crippen molar-refractivity contribution >= 4 is 6.21 Å². The number of rotatable bonds is 4. The average Bonchev–Trinajstić information content (AvgIpc) is 2.08. The fourth-order valence-electron chi connectivity index (χ4n) is 0.665. The van der Waals surface area contributed by atoms with Crippen molar-refractivity contribution in [1.82, 2.24) is 4.90 Å². The van der Waals surface area contributed by atoms with Gasteiger partial charge in [-0.3, -0.25) is 4.90 Å². The van der Waals surface area contributed by atoms with E-state index in [1.807, 2.05) is 19.0 Å². The molecule has 0 aliphatic carbocycles. The molecule has 3 nitrogen and oxygen atoms in total. The quantitative estimate of drug-likeness (QED) is 0.371. The van der Waals surface area contributed by atoms with Gasteiger partial charge in [0.05, 0.1) is 6.54 Å². The fraction of sp³-hybridized carbons (Fsp3) is 0.700. The Hall–Kier alpha value is -1.01. The molecule has 0 saturated heterocycles. The van der Waals surface area contributed by atoms with Gasteiger partial charge in [0.25, 0.3) is 0 Å². The Bertz CT molecular complexity index is 201. The lowest BCUT2D eigenvalue weighted by Crippen LogP contribution is -2.10. The minimum absolute atomic E-state index is 0.356. The van der Waals surface area contributed by atoms with E-state index >= 15 is 0 Å². The van der Waals surface area contributed by atoms with Crippen LogP contribution >= 0.6 is 0 Å². The first-order valence-corrected chi connectivity index (χ1v) is 4.34. The molecule has 0 heterocycles. The maximum absolute atomic E-state index is 4.57. The molecular formula is C10H18N2O. The van der Waals surface area contributed by atoms with Crippen LogP contribution in [0.1, 0.15) is 13.3 Å². The maximum atomic E-state index is 4.57. The molecule has 0 aliphatic heterocycles. The van der Waals surface area contributed by atoms with Crippen LogP contribution in [0.15, 0.2) is 5.16 Å². The zero-order chi connectivity index (χ0) is 10.1. The average molecular weight is 182 g/mol. The lowest BCUT2D eigenvalue weighted by atomic mass is 10.1. The van der Waals surface area contributed by atoms with Crippen LogP contribution in [-0.4, -0.2) is 38.9 Å². The van der Waals surface area contributed by atoms with Gasteiger partial charge in [0, 0.05) is 18.6 Å². The summed E-state index contributed by atoms with van der Waals surface area (Å²) >= 11 is 0. The van der Waals surface area contributed by atoms with Crippen molar-refractivity contribution in [1.29, 1.82) is 0 Å². The number of hydrogen-bond acceptors (Lipinski definition) is 3. The maximum Gasteiger partial charge on any atom is 0.106 e. The van der Waals surface area contributed by atoms with Gasteiger partial charge >= 0.3 is 0 Å². The summed E-state index contributed by atoms with van der Waals surface area (Å²) in [6, 6.07) is 0. The molecular weight excluding hydrogens is 164 g/mol. The van der Waals surface area contributed by atoms with Crippen molar-refractivity contribution < 1.29 is 4.84 Å². The fourth-order valence-corrected chi connectivity index (χ4v) is 0.665. The Morgan fingerprint density at radius 2 is 2.15 bits per heavy atom. The second kappa shape index (κ2) is 7.63. The van der Waals surface area contributed by atoms with E-state index in [-0.39, 0.29) is 0 Å². The van der Waals surface area contributed by atoms with Crippen LogP contribution in [-0.2, 0) is 4.84 Å². The zero-order valence-corrected chi connectivity index (χ0v) is 8.87. The summed E-state index contributed by atoms with van der Waals surface area (Å²) in [7, 11) is 5.55. The SMILES string of the molecule is CO/N=C/C(C)CC#CCN(C)C. The predicted octanol–water partition coefficient (Wildman–Crippen LogP) is 1.21. The third-order valence-corrected chi connectivity index (χ3v) is 1.37. The Morgan fingerprint density at radius 3 is 2.69 bits per heavy atom. The van der Waals surface area contributed by atoms with E-state index in [2.05, 4.69) is 28.8 Å². The highest BCUT2D eigenvalue weighted by atomic mass is 16.6. The van der Waals surface area contributed by atoms with Crippen LogP contribution in [0.25, 0.3) is 0 Å². The van der Waals surface area contributed by atoms with Gasteiger partial charge in [-0.2, -0.15) is 0 Å². The van der Waals surface area contributed by atoms with E-state index in [1.54, 1.807) is 13.3 Å². The molecule has 0 fully saturated rings. The van der Waals surface area contributed by atoms with Crippen LogP contribution in [0.3, 0.4) is 0 Å². The molecule has 1 unspecified atom stereocenters. The third kappa shape index (κ3) is 8.90. The first-order valence-electron chi connectivity index (χ1n) is 4.34. The molecule has 0 amide bonds. The van der Waals surface area contributed by atoms with Gasteiger partial charge in [-0.1, -0.05) is 18.0 Å². The van der Waals surface area contributed by atoms with E-state index < -0.39 is 0 Å². The Morgan fingerprint density at radius 1 is 1.46 bits per heavy atom. The van der Waals surface area contributed by atoms with Crippen LogP contribution in [0.4, 0.5) is 0 Å². The van der Waals surface area contributed by atoms with Crippen molar-refractivity contribution in [3.63, 3.8) is 0 Å². The molecule has 1 atom stereocenters. The lowest BCUT2D eigenvalue weighted by molar-refractivity contribution is 0.213. The van der Waals surface area contributed by atoms with E-state index in [0.717, 1.165) is 13.0 Å². The van der Waals surface area contributed by atoms with Crippen molar-refractivity contribution in [3.8, 4) is 11.8 Å². The van der Waals surface area contributed by atoms with Crippen molar-refractivity contribution in [2.24, 2.45) is 11.1 Å². The largest absolute Gasteiger partial charge is 0.399 e. The summed E-state index contributed by atoms with van der Waals surface area (Å²) in [6.07, 6.45) is 2.60. The smallest absolute Gasteiger partial charge is 0.106 e. The highest BCUT2D eigenvalue weighted by Gasteiger charge is 1.93. The Balaban J connectivity index is 3.60. The molecule has 0 aromatic carbocycles. The minimum atomic E-state index is 0.356. The molecule has 0 N–H and O–H groups in total. The summed E-state index contributed by atoms with van der Waals surface area (Å²) in [6.45, 7) is 2.88. The normalized spacial score (nSPS) is 12.7. The summed E-state index contributed by atoms with van der Waals surface area (Å²) < 4.78 is 0. The second-order valence-corrected chi connectivity index (χ2v) is 3.21. The summed E-state index contributed by atoms with van der Waals surface area (Å²) in [5.41, 5.74) is 0. The second-order valence-electron chi connectivity index (χ2n) is 3.21. The summed E-state index contributed by atoms with van der Waals surface area (Å²) in [4.78, 5) is 6.61. The molecule has 0 aromatic heterocycles. The molecule has 0 spiro atoms. The highest BCUT2D eigenvalue weighted by Crippen LogP contribution is 1.95. The van der Waals surface area contributed by atoms with Crippen molar-refractivity contribution in [2.45, 2.75) is 13.3 Å². The first kappa shape index (κ1) is 12.0. The van der Waals surface area contributed by atoms with E-state index in [9.17, 15) is 0 Å². The van der Waals surface area contributed by atoms with Crippen molar-refractivity contribution in [2.75, 3.05) is 27.7 Å². The van der Waals surface area contributed by atoms with Crippen molar-refractivity contribution in [3.05, 3.63) is 0 Å². The molecule has 0 radical (unpaired) electrons. The molecule has 3 heteroatoms. The van der Waals surface area contributed by atoms with Gasteiger partial charge in [-0.15, -0.1) is 5.92 Å². The zero-order valence-electron chi connectivity index (χ0n) is 8.87. The Labute approximate surface area is 80.7 Å². The monoisotopic (exact) mass is 182 g/mol. The summed E-state index contributed by atoms with van der Waals surface area (Å²) in [5, 5.41) is 3.68. The standard InChI is InChI=1S/C10H18N2O/c1-10(9-11-13-4)7-5-6-8-12(2)3/h9-10H,7-8H2,1-4H3/b11-9+. The van der Waals surface area contributed by atoms with Crippen LogP contribution in [0.5, 0.6) is 0 Å².